The maximum absolute atomic E-state index is 11.3. The summed E-state index contributed by atoms with van der Waals surface area (Å²) in [4.78, 5) is 4.69. The van der Waals surface area contributed by atoms with Gasteiger partial charge in [0.15, 0.2) is 0 Å². The standard InChI is InChI=1S/C19H19NO/c1-14(2)19(21,16-9-4-3-5-10-16)18-13-12-15-8-6-7-11-17(15)20-18/h3-14,21H,1-2H3/t19-/m0/s1. The molecule has 0 fully saturated rings. The van der Waals surface area contributed by atoms with E-state index in [4.69, 9.17) is 4.98 Å². The van der Waals surface area contributed by atoms with Gasteiger partial charge in [-0.1, -0.05) is 68.4 Å². The molecule has 0 saturated carbocycles. The number of aliphatic hydroxyl groups is 1. The Bertz CT molecular complexity index is 752. The summed E-state index contributed by atoms with van der Waals surface area (Å²) in [6.45, 7) is 4.04. The van der Waals surface area contributed by atoms with Gasteiger partial charge in [0.05, 0.1) is 11.2 Å². The third-order valence-electron chi connectivity index (χ3n) is 4.04. The Labute approximate surface area is 125 Å². The van der Waals surface area contributed by atoms with Crippen molar-refractivity contribution in [1.82, 2.24) is 4.98 Å². The van der Waals surface area contributed by atoms with Crippen molar-refractivity contribution in [3.05, 3.63) is 78.0 Å². The molecule has 106 valence electrons. The highest BCUT2D eigenvalue weighted by molar-refractivity contribution is 5.78. The van der Waals surface area contributed by atoms with Crippen molar-refractivity contribution in [3.63, 3.8) is 0 Å². The average Bonchev–Trinajstić information content (AvgIpc) is 2.54. The van der Waals surface area contributed by atoms with Crippen molar-refractivity contribution in [3.8, 4) is 0 Å². The zero-order chi connectivity index (χ0) is 14.9. The average molecular weight is 277 g/mol. The molecule has 3 aromatic rings. The SMILES string of the molecule is CC(C)[C@](O)(c1ccccc1)c1ccc2ccccc2n1. The van der Waals surface area contributed by atoms with E-state index in [0.29, 0.717) is 5.69 Å². The second-order valence-electron chi connectivity index (χ2n) is 5.68. The lowest BCUT2D eigenvalue weighted by atomic mass is 9.80. The molecule has 0 spiro atoms. The monoisotopic (exact) mass is 277 g/mol. The molecule has 3 rings (SSSR count). The van der Waals surface area contributed by atoms with Crippen molar-refractivity contribution in [2.24, 2.45) is 5.92 Å². The number of para-hydroxylation sites is 1. The van der Waals surface area contributed by atoms with Crippen LogP contribution in [0, 0.1) is 5.92 Å². The van der Waals surface area contributed by atoms with Gasteiger partial charge in [0.2, 0.25) is 0 Å². The number of benzene rings is 2. The van der Waals surface area contributed by atoms with E-state index in [0.717, 1.165) is 16.5 Å². The summed E-state index contributed by atoms with van der Waals surface area (Å²) in [5.74, 6) is 0.0218. The predicted octanol–water partition coefficient (Wildman–Crippen LogP) is 4.13. The van der Waals surface area contributed by atoms with Gasteiger partial charge in [-0.25, -0.2) is 4.98 Å². The summed E-state index contributed by atoms with van der Waals surface area (Å²) < 4.78 is 0. The van der Waals surface area contributed by atoms with Gasteiger partial charge < -0.3 is 5.11 Å². The smallest absolute Gasteiger partial charge is 0.134 e. The van der Waals surface area contributed by atoms with Crippen LogP contribution in [0.2, 0.25) is 0 Å². The molecule has 2 aromatic carbocycles. The zero-order valence-electron chi connectivity index (χ0n) is 12.3. The highest BCUT2D eigenvalue weighted by atomic mass is 16.3. The predicted molar refractivity (Wildman–Crippen MR) is 86.0 cm³/mol. The number of aromatic nitrogens is 1. The maximum atomic E-state index is 11.3. The van der Waals surface area contributed by atoms with Crippen LogP contribution in [-0.2, 0) is 5.60 Å². The van der Waals surface area contributed by atoms with Gasteiger partial charge in [-0.15, -0.1) is 0 Å². The Morgan fingerprint density at radius 3 is 2.24 bits per heavy atom. The summed E-state index contributed by atoms with van der Waals surface area (Å²) in [6, 6.07) is 21.7. The molecule has 21 heavy (non-hydrogen) atoms. The number of hydrogen-bond acceptors (Lipinski definition) is 2. The number of rotatable bonds is 3. The lowest BCUT2D eigenvalue weighted by Crippen LogP contribution is -2.34. The summed E-state index contributed by atoms with van der Waals surface area (Å²) in [5, 5.41) is 12.4. The van der Waals surface area contributed by atoms with Crippen molar-refractivity contribution in [2.75, 3.05) is 0 Å². The molecule has 0 bridgehead atoms. The normalized spacial score (nSPS) is 14.3. The molecule has 1 aromatic heterocycles. The Hall–Kier alpha value is -2.19. The lowest BCUT2D eigenvalue weighted by Gasteiger charge is -2.32. The molecule has 2 nitrogen and oxygen atoms in total. The van der Waals surface area contributed by atoms with Crippen molar-refractivity contribution >= 4 is 10.9 Å². The zero-order valence-corrected chi connectivity index (χ0v) is 12.3. The molecular weight excluding hydrogens is 258 g/mol. The number of pyridine rings is 1. The topological polar surface area (TPSA) is 33.1 Å². The first-order valence-electron chi connectivity index (χ1n) is 7.26. The molecular formula is C19H19NO. The van der Waals surface area contributed by atoms with Gasteiger partial charge in [0.1, 0.15) is 5.60 Å². The van der Waals surface area contributed by atoms with Crippen LogP contribution in [0.5, 0.6) is 0 Å². The molecule has 0 aliphatic rings. The van der Waals surface area contributed by atoms with Crippen LogP contribution in [0.4, 0.5) is 0 Å². The first-order valence-corrected chi connectivity index (χ1v) is 7.26. The molecule has 1 N–H and O–H groups in total. The van der Waals surface area contributed by atoms with Gasteiger partial charge in [0.25, 0.3) is 0 Å². The summed E-state index contributed by atoms with van der Waals surface area (Å²) in [6.07, 6.45) is 0. The highest BCUT2D eigenvalue weighted by Crippen LogP contribution is 2.36. The second-order valence-corrected chi connectivity index (χ2v) is 5.68. The molecule has 0 aliphatic heterocycles. The minimum absolute atomic E-state index is 0.0218. The quantitative estimate of drug-likeness (QED) is 0.781. The Morgan fingerprint density at radius 2 is 1.52 bits per heavy atom. The lowest BCUT2D eigenvalue weighted by molar-refractivity contribution is 0.0278. The van der Waals surface area contributed by atoms with Gasteiger partial charge in [-0.3, -0.25) is 0 Å². The fraction of sp³-hybridized carbons (Fsp3) is 0.211. The van der Waals surface area contributed by atoms with Crippen molar-refractivity contribution < 1.29 is 5.11 Å². The van der Waals surface area contributed by atoms with Crippen LogP contribution in [0.3, 0.4) is 0 Å². The van der Waals surface area contributed by atoms with Crippen molar-refractivity contribution in [1.29, 1.82) is 0 Å². The molecule has 0 unspecified atom stereocenters. The third kappa shape index (κ3) is 2.32. The van der Waals surface area contributed by atoms with Crippen LogP contribution in [0.25, 0.3) is 10.9 Å². The van der Waals surface area contributed by atoms with Gasteiger partial charge in [0, 0.05) is 5.39 Å². The van der Waals surface area contributed by atoms with E-state index in [1.807, 2.05) is 80.6 Å². The highest BCUT2D eigenvalue weighted by Gasteiger charge is 2.36. The largest absolute Gasteiger partial charge is 0.378 e. The molecule has 0 radical (unpaired) electrons. The minimum atomic E-state index is -1.08. The Kier molecular flexibility index (Phi) is 3.48. The van der Waals surface area contributed by atoms with Gasteiger partial charge in [-0.2, -0.15) is 0 Å². The summed E-state index contributed by atoms with van der Waals surface area (Å²) in [5.41, 5.74) is 1.40. The van der Waals surface area contributed by atoms with Crippen LogP contribution in [0.15, 0.2) is 66.7 Å². The molecule has 1 atom stereocenters. The third-order valence-corrected chi connectivity index (χ3v) is 4.04. The van der Waals surface area contributed by atoms with Gasteiger partial charge in [-0.05, 0) is 23.6 Å². The first-order chi connectivity index (χ1) is 10.1. The van der Waals surface area contributed by atoms with E-state index in [1.165, 1.54) is 0 Å². The molecule has 0 aliphatic carbocycles. The fourth-order valence-corrected chi connectivity index (χ4v) is 2.75. The fourth-order valence-electron chi connectivity index (χ4n) is 2.75. The Morgan fingerprint density at radius 1 is 0.857 bits per heavy atom. The van der Waals surface area contributed by atoms with Crippen LogP contribution in [-0.4, -0.2) is 10.1 Å². The van der Waals surface area contributed by atoms with E-state index in [1.54, 1.807) is 0 Å². The molecule has 0 amide bonds. The number of nitrogens with zero attached hydrogens (tertiary/aromatic N) is 1. The number of fused-ring (bicyclic) bond motifs is 1. The van der Waals surface area contributed by atoms with E-state index in [-0.39, 0.29) is 5.92 Å². The van der Waals surface area contributed by atoms with E-state index in [9.17, 15) is 5.11 Å². The maximum Gasteiger partial charge on any atom is 0.134 e. The first kappa shape index (κ1) is 13.8. The van der Waals surface area contributed by atoms with E-state index < -0.39 is 5.60 Å². The van der Waals surface area contributed by atoms with Gasteiger partial charge >= 0.3 is 0 Å². The van der Waals surface area contributed by atoms with Crippen LogP contribution in [0.1, 0.15) is 25.1 Å². The Balaban J connectivity index is 2.20. The minimum Gasteiger partial charge on any atom is -0.378 e. The number of hydrogen-bond donors (Lipinski definition) is 1. The second kappa shape index (κ2) is 5.30. The van der Waals surface area contributed by atoms with E-state index in [2.05, 4.69) is 0 Å². The molecule has 1 heterocycles. The van der Waals surface area contributed by atoms with Crippen LogP contribution >= 0.6 is 0 Å². The molecule has 0 saturated heterocycles. The summed E-state index contributed by atoms with van der Waals surface area (Å²) >= 11 is 0. The van der Waals surface area contributed by atoms with E-state index >= 15 is 0 Å². The van der Waals surface area contributed by atoms with Crippen molar-refractivity contribution in [2.45, 2.75) is 19.4 Å². The molecule has 2 heteroatoms. The van der Waals surface area contributed by atoms with Crippen LogP contribution < -0.4 is 0 Å². The summed E-state index contributed by atoms with van der Waals surface area (Å²) in [7, 11) is 0.